The average Bonchev–Trinajstić information content (AvgIpc) is 2.50. The van der Waals surface area contributed by atoms with Crippen LogP contribution in [-0.2, 0) is 4.79 Å². The molecular formula is C15H12Cl2N2O2. The number of hydrogen-bond donors (Lipinski definition) is 2. The number of aliphatic hydroxyl groups excluding tert-OH is 1. The average molecular weight is 323 g/mol. The predicted octanol–water partition coefficient (Wildman–Crippen LogP) is 3.18. The van der Waals surface area contributed by atoms with Crippen LogP contribution < -0.4 is 5.43 Å². The summed E-state index contributed by atoms with van der Waals surface area (Å²) < 4.78 is 0. The molecule has 0 spiro atoms. The van der Waals surface area contributed by atoms with E-state index in [1.807, 2.05) is 0 Å². The standard InChI is InChI=1S/C15H12Cl2N2O2/c16-12-7-4-8-13(17)11(12)9-18-19-15(21)14(20)10-5-2-1-3-6-10/h1-9,14,20H,(H,19,21)/b18-9-/t14-/m1/s1. The van der Waals surface area contributed by atoms with Crippen molar-refractivity contribution in [3.8, 4) is 0 Å². The van der Waals surface area contributed by atoms with Crippen LogP contribution in [0.1, 0.15) is 17.2 Å². The molecule has 6 heteroatoms. The number of nitrogens with zero attached hydrogens (tertiary/aromatic N) is 1. The van der Waals surface area contributed by atoms with Crippen molar-refractivity contribution in [3.05, 3.63) is 69.7 Å². The van der Waals surface area contributed by atoms with E-state index < -0.39 is 12.0 Å². The van der Waals surface area contributed by atoms with Crippen LogP contribution in [0, 0.1) is 0 Å². The molecule has 2 aromatic rings. The highest BCUT2D eigenvalue weighted by atomic mass is 35.5. The van der Waals surface area contributed by atoms with Gasteiger partial charge in [0, 0.05) is 5.56 Å². The number of carbonyl (C=O) groups excluding carboxylic acids is 1. The van der Waals surface area contributed by atoms with E-state index in [2.05, 4.69) is 10.5 Å². The molecule has 0 aliphatic carbocycles. The van der Waals surface area contributed by atoms with Gasteiger partial charge in [-0.2, -0.15) is 5.10 Å². The summed E-state index contributed by atoms with van der Waals surface area (Å²) in [5.41, 5.74) is 3.23. The summed E-state index contributed by atoms with van der Waals surface area (Å²) in [5.74, 6) is -0.638. The Labute approximate surface area is 132 Å². The van der Waals surface area contributed by atoms with Crippen molar-refractivity contribution in [1.82, 2.24) is 5.43 Å². The fourth-order valence-corrected chi connectivity index (χ4v) is 2.14. The molecule has 0 fully saturated rings. The number of hydrazone groups is 1. The smallest absolute Gasteiger partial charge is 0.273 e. The first-order chi connectivity index (χ1) is 10.1. The van der Waals surface area contributed by atoms with E-state index in [4.69, 9.17) is 23.2 Å². The SMILES string of the molecule is O=C(N/N=C\c1c(Cl)cccc1Cl)[C@H](O)c1ccccc1. The number of carbonyl (C=O) groups is 1. The highest BCUT2D eigenvalue weighted by Gasteiger charge is 2.16. The van der Waals surface area contributed by atoms with Gasteiger partial charge in [0.1, 0.15) is 0 Å². The maximum Gasteiger partial charge on any atom is 0.273 e. The Morgan fingerprint density at radius 2 is 1.71 bits per heavy atom. The van der Waals surface area contributed by atoms with Gasteiger partial charge < -0.3 is 5.11 Å². The second kappa shape index (κ2) is 7.22. The molecule has 0 heterocycles. The van der Waals surface area contributed by atoms with Crippen LogP contribution in [0.5, 0.6) is 0 Å². The van der Waals surface area contributed by atoms with Crippen molar-refractivity contribution < 1.29 is 9.90 Å². The zero-order valence-electron chi connectivity index (χ0n) is 10.8. The molecule has 2 rings (SSSR count). The predicted molar refractivity (Wildman–Crippen MR) is 83.6 cm³/mol. The quantitative estimate of drug-likeness (QED) is 0.670. The van der Waals surface area contributed by atoms with Gasteiger partial charge in [-0.05, 0) is 17.7 Å². The molecule has 0 radical (unpaired) electrons. The van der Waals surface area contributed by atoms with E-state index in [0.29, 0.717) is 21.2 Å². The minimum absolute atomic E-state index is 0.420. The van der Waals surface area contributed by atoms with Gasteiger partial charge in [0.05, 0.1) is 16.3 Å². The van der Waals surface area contributed by atoms with Gasteiger partial charge in [-0.3, -0.25) is 4.79 Å². The van der Waals surface area contributed by atoms with Gasteiger partial charge >= 0.3 is 0 Å². The van der Waals surface area contributed by atoms with E-state index in [9.17, 15) is 9.90 Å². The number of aliphatic hydroxyl groups is 1. The molecule has 1 atom stereocenters. The topological polar surface area (TPSA) is 61.7 Å². The van der Waals surface area contributed by atoms with Crippen LogP contribution in [0.3, 0.4) is 0 Å². The van der Waals surface area contributed by atoms with Crippen LogP contribution in [0.15, 0.2) is 53.6 Å². The first-order valence-electron chi connectivity index (χ1n) is 6.09. The normalized spacial score (nSPS) is 12.3. The van der Waals surface area contributed by atoms with E-state index in [-0.39, 0.29) is 0 Å². The summed E-state index contributed by atoms with van der Waals surface area (Å²) in [7, 11) is 0. The second-order valence-electron chi connectivity index (χ2n) is 4.18. The lowest BCUT2D eigenvalue weighted by molar-refractivity contribution is -0.129. The van der Waals surface area contributed by atoms with Crippen LogP contribution in [0.2, 0.25) is 10.0 Å². The lowest BCUT2D eigenvalue weighted by Crippen LogP contribution is -2.25. The number of benzene rings is 2. The Kier molecular flexibility index (Phi) is 5.33. The van der Waals surface area contributed by atoms with Crippen molar-refractivity contribution in [2.24, 2.45) is 5.10 Å². The lowest BCUT2D eigenvalue weighted by atomic mass is 10.1. The Morgan fingerprint density at radius 3 is 2.33 bits per heavy atom. The molecule has 1 amide bonds. The van der Waals surface area contributed by atoms with Crippen molar-refractivity contribution >= 4 is 35.3 Å². The molecule has 0 bridgehead atoms. The zero-order valence-corrected chi connectivity index (χ0v) is 12.3. The molecule has 108 valence electrons. The summed E-state index contributed by atoms with van der Waals surface area (Å²) in [6.07, 6.45) is 0.0466. The van der Waals surface area contributed by atoms with Gasteiger partial charge in [-0.1, -0.05) is 59.6 Å². The minimum atomic E-state index is -1.29. The number of hydrogen-bond acceptors (Lipinski definition) is 3. The van der Waals surface area contributed by atoms with Crippen molar-refractivity contribution in [2.45, 2.75) is 6.10 Å². The Hall–Kier alpha value is -1.88. The highest BCUT2D eigenvalue weighted by Crippen LogP contribution is 2.22. The maximum absolute atomic E-state index is 11.8. The van der Waals surface area contributed by atoms with Crippen LogP contribution in [0.25, 0.3) is 0 Å². The second-order valence-corrected chi connectivity index (χ2v) is 5.00. The van der Waals surface area contributed by atoms with Gasteiger partial charge in [0.25, 0.3) is 5.91 Å². The first-order valence-corrected chi connectivity index (χ1v) is 6.85. The Bertz CT molecular complexity index is 640. The molecular weight excluding hydrogens is 311 g/mol. The molecule has 0 aliphatic heterocycles. The summed E-state index contributed by atoms with van der Waals surface area (Å²) in [4.78, 5) is 11.8. The first kappa shape index (κ1) is 15.5. The third kappa shape index (κ3) is 4.04. The van der Waals surface area contributed by atoms with Crippen LogP contribution >= 0.6 is 23.2 Å². The Morgan fingerprint density at radius 1 is 1.10 bits per heavy atom. The van der Waals surface area contributed by atoms with E-state index in [1.54, 1.807) is 48.5 Å². The third-order valence-corrected chi connectivity index (χ3v) is 3.39. The van der Waals surface area contributed by atoms with E-state index in [0.717, 1.165) is 0 Å². The number of halogens is 2. The molecule has 4 nitrogen and oxygen atoms in total. The molecule has 0 aromatic heterocycles. The van der Waals surface area contributed by atoms with E-state index >= 15 is 0 Å². The number of amides is 1. The Balaban J connectivity index is 2.03. The van der Waals surface area contributed by atoms with Gasteiger partial charge in [-0.25, -0.2) is 5.43 Å². The lowest BCUT2D eigenvalue weighted by Gasteiger charge is -2.08. The fraction of sp³-hybridized carbons (Fsp3) is 0.0667. The maximum atomic E-state index is 11.8. The van der Waals surface area contributed by atoms with E-state index in [1.165, 1.54) is 6.21 Å². The summed E-state index contributed by atoms with van der Waals surface area (Å²) in [6, 6.07) is 13.6. The van der Waals surface area contributed by atoms with Crippen molar-refractivity contribution in [2.75, 3.05) is 0 Å². The molecule has 0 unspecified atom stereocenters. The highest BCUT2D eigenvalue weighted by molar-refractivity contribution is 6.38. The summed E-state index contributed by atoms with van der Waals surface area (Å²) in [6.45, 7) is 0. The molecule has 0 saturated heterocycles. The number of nitrogens with one attached hydrogen (secondary N) is 1. The number of rotatable bonds is 4. The van der Waals surface area contributed by atoms with Crippen LogP contribution in [-0.4, -0.2) is 17.2 Å². The van der Waals surface area contributed by atoms with Gasteiger partial charge in [0.15, 0.2) is 6.10 Å². The molecule has 2 aromatic carbocycles. The van der Waals surface area contributed by atoms with Crippen molar-refractivity contribution in [1.29, 1.82) is 0 Å². The van der Waals surface area contributed by atoms with Crippen molar-refractivity contribution in [3.63, 3.8) is 0 Å². The monoisotopic (exact) mass is 322 g/mol. The molecule has 2 N–H and O–H groups in total. The summed E-state index contributed by atoms with van der Waals surface area (Å²) in [5, 5.41) is 14.5. The van der Waals surface area contributed by atoms with Gasteiger partial charge in [-0.15, -0.1) is 0 Å². The zero-order chi connectivity index (χ0) is 15.2. The largest absolute Gasteiger partial charge is 0.378 e. The molecule has 0 aliphatic rings. The third-order valence-electron chi connectivity index (χ3n) is 2.73. The van der Waals surface area contributed by atoms with Crippen LogP contribution in [0.4, 0.5) is 0 Å². The molecule has 0 saturated carbocycles. The van der Waals surface area contributed by atoms with Gasteiger partial charge in [0.2, 0.25) is 0 Å². The minimum Gasteiger partial charge on any atom is -0.378 e. The summed E-state index contributed by atoms with van der Waals surface area (Å²) >= 11 is 11.9. The fourth-order valence-electron chi connectivity index (χ4n) is 1.64. The molecule has 21 heavy (non-hydrogen) atoms.